The van der Waals surface area contributed by atoms with Crippen LogP contribution in [0.4, 0.5) is 4.39 Å². The molecule has 6 unspecified atom stereocenters. The van der Waals surface area contributed by atoms with Gasteiger partial charge in [0.15, 0.2) is 0 Å². The van der Waals surface area contributed by atoms with Crippen molar-refractivity contribution in [3.63, 3.8) is 0 Å². The molecule has 142 valence electrons. The molecular weight excluding hydrogens is 351 g/mol. The van der Waals surface area contributed by atoms with Crippen LogP contribution in [0.5, 0.6) is 0 Å². The van der Waals surface area contributed by atoms with Crippen molar-refractivity contribution in [1.82, 2.24) is 9.03 Å². The number of nitrogens with zero attached hydrogens (tertiary/aromatic N) is 1. The highest BCUT2D eigenvalue weighted by molar-refractivity contribution is 7.88. The molecule has 0 aromatic carbocycles. The number of alkyl halides is 1. The summed E-state index contributed by atoms with van der Waals surface area (Å²) in [4.78, 5) is 11.5. The van der Waals surface area contributed by atoms with E-state index in [2.05, 4.69) is 0 Å². The zero-order valence-electron chi connectivity index (χ0n) is 14.0. The molecule has 0 spiro atoms. The molecule has 2 N–H and O–H groups in total. The minimum atomic E-state index is -4.06. The van der Waals surface area contributed by atoms with Crippen LogP contribution >= 0.6 is 0 Å². The molecule has 1 heterocycles. The third-order valence-electron chi connectivity index (χ3n) is 6.12. The van der Waals surface area contributed by atoms with Gasteiger partial charge in [-0.2, -0.15) is 12.7 Å². The van der Waals surface area contributed by atoms with E-state index in [4.69, 9.17) is 4.74 Å². The van der Waals surface area contributed by atoms with Gasteiger partial charge in [0.05, 0.1) is 24.8 Å². The normalized spacial score (nSPS) is 44.3. The second-order valence-corrected chi connectivity index (χ2v) is 9.57. The van der Waals surface area contributed by atoms with E-state index in [1.54, 1.807) is 0 Å². The van der Waals surface area contributed by atoms with Crippen molar-refractivity contribution in [2.24, 2.45) is 17.8 Å². The molecule has 7 nitrogen and oxygen atoms in total. The lowest BCUT2D eigenvalue weighted by Crippen LogP contribution is -2.59. The van der Waals surface area contributed by atoms with Crippen molar-refractivity contribution in [3.05, 3.63) is 0 Å². The van der Waals surface area contributed by atoms with Crippen molar-refractivity contribution >= 4 is 16.1 Å². The Morgan fingerprint density at radius 2 is 2.00 bits per heavy atom. The van der Waals surface area contributed by atoms with Crippen LogP contribution in [-0.2, 0) is 19.7 Å². The predicted molar refractivity (Wildman–Crippen MR) is 86.4 cm³/mol. The molecule has 0 bridgehead atoms. The number of fused-ring (bicyclic) bond motifs is 1. The smallest absolute Gasteiger partial charge is 0.304 e. The van der Waals surface area contributed by atoms with Crippen molar-refractivity contribution in [2.45, 2.75) is 62.9 Å². The zero-order chi connectivity index (χ0) is 17.8. The second kappa shape index (κ2) is 6.44. The Morgan fingerprint density at radius 3 is 2.64 bits per heavy atom. The summed E-state index contributed by atoms with van der Waals surface area (Å²) in [6.07, 6.45) is 2.38. The third-order valence-corrected chi connectivity index (χ3v) is 7.60. The molecule has 3 saturated carbocycles. The maximum Gasteiger partial charge on any atom is 0.304 e. The van der Waals surface area contributed by atoms with E-state index in [0.717, 1.165) is 23.8 Å². The van der Waals surface area contributed by atoms with Crippen molar-refractivity contribution in [1.29, 1.82) is 0 Å². The Labute approximate surface area is 147 Å². The molecule has 6 atom stereocenters. The summed E-state index contributed by atoms with van der Waals surface area (Å²) in [6, 6.07) is -1.20. The first-order chi connectivity index (χ1) is 11.8. The number of aliphatic hydroxyl groups excluding tert-OH is 1. The van der Waals surface area contributed by atoms with Crippen LogP contribution in [0.25, 0.3) is 0 Å². The largest absolute Gasteiger partial charge is 0.391 e. The molecular formula is C16H25FN2O5S. The van der Waals surface area contributed by atoms with Gasteiger partial charge in [0.25, 0.3) is 0 Å². The molecule has 0 aromatic heterocycles. The topological polar surface area (TPSA) is 95.9 Å². The molecule has 4 fully saturated rings. The maximum atomic E-state index is 15.3. The Morgan fingerprint density at radius 1 is 1.24 bits per heavy atom. The SMILES string of the molecule is O=C1CN(C2C(O)CC3CCC(OCC4CC4)CC3C2F)S(=O)(=O)N1. The number of rotatable bonds is 4. The fourth-order valence-electron chi connectivity index (χ4n) is 4.61. The van der Waals surface area contributed by atoms with E-state index in [0.29, 0.717) is 18.8 Å². The first-order valence-electron chi connectivity index (χ1n) is 9.11. The highest BCUT2D eigenvalue weighted by Gasteiger charge is 2.53. The number of nitrogens with one attached hydrogen (secondary N) is 1. The lowest BCUT2D eigenvalue weighted by atomic mass is 9.66. The summed E-state index contributed by atoms with van der Waals surface area (Å²) in [5, 5.41) is 10.4. The molecule has 25 heavy (non-hydrogen) atoms. The Bertz CT molecular complexity index is 640. The predicted octanol–water partition coefficient (Wildman–Crippen LogP) is 0.346. The summed E-state index contributed by atoms with van der Waals surface area (Å²) < 4.78 is 48.0. The fourth-order valence-corrected chi connectivity index (χ4v) is 5.95. The lowest BCUT2D eigenvalue weighted by Gasteiger charge is -2.47. The average molecular weight is 376 g/mol. The van der Waals surface area contributed by atoms with Gasteiger partial charge in [0.2, 0.25) is 5.91 Å². The summed E-state index contributed by atoms with van der Waals surface area (Å²) >= 11 is 0. The van der Waals surface area contributed by atoms with Crippen LogP contribution < -0.4 is 4.72 Å². The minimum Gasteiger partial charge on any atom is -0.391 e. The van der Waals surface area contributed by atoms with Crippen LogP contribution in [-0.4, -0.2) is 61.3 Å². The van der Waals surface area contributed by atoms with Gasteiger partial charge in [-0.05, 0) is 56.3 Å². The van der Waals surface area contributed by atoms with Gasteiger partial charge in [0, 0.05) is 6.61 Å². The first kappa shape index (κ1) is 17.6. The van der Waals surface area contributed by atoms with Crippen molar-refractivity contribution in [3.8, 4) is 0 Å². The third kappa shape index (κ3) is 3.43. The quantitative estimate of drug-likeness (QED) is 0.738. The molecule has 4 rings (SSSR count). The number of hydrogen-bond donors (Lipinski definition) is 2. The number of carbonyl (C=O) groups is 1. The van der Waals surface area contributed by atoms with E-state index < -0.39 is 41.0 Å². The Hall–Kier alpha value is -0.770. The number of aliphatic hydroxyl groups is 1. The van der Waals surface area contributed by atoms with E-state index >= 15 is 4.39 Å². The van der Waals surface area contributed by atoms with Gasteiger partial charge in [-0.3, -0.25) is 4.79 Å². The zero-order valence-corrected chi connectivity index (χ0v) is 14.8. The molecule has 0 radical (unpaired) electrons. The lowest BCUT2D eigenvalue weighted by molar-refractivity contribution is -0.120. The van der Waals surface area contributed by atoms with Crippen LogP contribution in [0, 0.1) is 17.8 Å². The molecule has 9 heteroatoms. The Balaban J connectivity index is 1.47. The number of halogens is 1. The summed E-state index contributed by atoms with van der Waals surface area (Å²) in [6.45, 7) is 0.299. The first-order valence-corrected chi connectivity index (χ1v) is 10.6. The highest BCUT2D eigenvalue weighted by Crippen LogP contribution is 2.45. The van der Waals surface area contributed by atoms with Gasteiger partial charge in [-0.25, -0.2) is 9.11 Å². The Kier molecular flexibility index (Phi) is 4.54. The number of hydrogen-bond acceptors (Lipinski definition) is 5. The molecule has 1 aliphatic heterocycles. The number of ether oxygens (including phenoxy) is 1. The molecule has 1 amide bonds. The second-order valence-electron chi connectivity index (χ2n) is 7.95. The summed E-state index contributed by atoms with van der Waals surface area (Å²) in [5.74, 6) is -0.337. The van der Waals surface area contributed by atoms with Crippen molar-refractivity contribution < 1.29 is 27.4 Å². The minimum absolute atomic E-state index is 0.00550. The van der Waals surface area contributed by atoms with Crippen LogP contribution in [0.3, 0.4) is 0 Å². The van der Waals surface area contributed by atoms with Gasteiger partial charge in [-0.15, -0.1) is 0 Å². The number of amides is 1. The monoisotopic (exact) mass is 376 g/mol. The van der Waals surface area contributed by atoms with Crippen molar-refractivity contribution in [2.75, 3.05) is 13.2 Å². The van der Waals surface area contributed by atoms with Crippen LogP contribution in [0.2, 0.25) is 0 Å². The van der Waals surface area contributed by atoms with E-state index in [-0.39, 0.29) is 17.9 Å². The van der Waals surface area contributed by atoms with E-state index in [1.165, 1.54) is 12.8 Å². The molecule has 1 saturated heterocycles. The van der Waals surface area contributed by atoms with Gasteiger partial charge in [0.1, 0.15) is 6.17 Å². The standard InChI is InChI=1S/C16H25FN2O5S/c17-15-12-6-11(24-8-9-1-2-9)4-3-10(12)5-13(20)16(15)19-7-14(21)18-25(19,22)23/h9-13,15-16,20H,1-8H2,(H,18,21). The fraction of sp³-hybridized carbons (Fsp3) is 0.938. The molecule has 3 aliphatic carbocycles. The van der Waals surface area contributed by atoms with Crippen LogP contribution in [0.15, 0.2) is 0 Å². The number of carbonyl (C=O) groups excluding carboxylic acids is 1. The van der Waals surface area contributed by atoms with Gasteiger partial charge < -0.3 is 9.84 Å². The van der Waals surface area contributed by atoms with Gasteiger partial charge >= 0.3 is 10.2 Å². The van der Waals surface area contributed by atoms with Crippen LogP contribution in [0.1, 0.15) is 38.5 Å². The molecule has 4 aliphatic rings. The summed E-state index contributed by atoms with van der Waals surface area (Å²) in [7, 11) is -4.06. The van der Waals surface area contributed by atoms with E-state index in [9.17, 15) is 18.3 Å². The molecule has 0 aromatic rings. The van der Waals surface area contributed by atoms with E-state index in [1.807, 2.05) is 4.72 Å². The maximum absolute atomic E-state index is 15.3. The highest BCUT2D eigenvalue weighted by atomic mass is 32.2. The average Bonchev–Trinajstić information content (AvgIpc) is 3.31. The van der Waals surface area contributed by atoms with Gasteiger partial charge in [-0.1, -0.05) is 0 Å². The summed E-state index contributed by atoms with van der Waals surface area (Å²) in [5.41, 5.74) is 0.